The predicted molar refractivity (Wildman–Crippen MR) is 143 cm³/mol. The monoisotopic (exact) mass is 529 g/mol. The second-order valence-corrected chi connectivity index (χ2v) is 10.9. The molecule has 0 saturated carbocycles. The molecule has 1 atom stereocenters. The van der Waals surface area contributed by atoms with Crippen molar-refractivity contribution in [2.45, 2.75) is 51.4 Å². The third kappa shape index (κ3) is 7.69. The van der Waals surface area contributed by atoms with Gasteiger partial charge < -0.3 is 24.1 Å². The summed E-state index contributed by atoms with van der Waals surface area (Å²) in [4.78, 5) is 44.0. The number of hydrogen-bond acceptors (Lipinski definition) is 6. The number of amides is 2. The molecule has 2 aromatic rings. The van der Waals surface area contributed by atoms with Crippen LogP contribution in [0.2, 0.25) is 5.02 Å². The fraction of sp³-hybridized carbons (Fsp3) is 0.464. The van der Waals surface area contributed by atoms with E-state index < -0.39 is 17.2 Å². The van der Waals surface area contributed by atoms with Gasteiger partial charge in [0.05, 0.1) is 20.2 Å². The first-order valence-corrected chi connectivity index (χ1v) is 12.6. The average Bonchev–Trinajstić information content (AvgIpc) is 3.29. The van der Waals surface area contributed by atoms with Gasteiger partial charge in [-0.15, -0.1) is 0 Å². The van der Waals surface area contributed by atoms with E-state index in [9.17, 15) is 14.4 Å². The molecule has 2 amide bonds. The van der Waals surface area contributed by atoms with Crippen LogP contribution in [0.4, 0.5) is 4.79 Å². The van der Waals surface area contributed by atoms with Crippen molar-refractivity contribution in [1.82, 2.24) is 14.7 Å². The molecule has 0 bridgehead atoms. The Labute approximate surface area is 224 Å². The number of carbonyl (C=O) groups is 3. The highest BCUT2D eigenvalue weighted by Crippen LogP contribution is 2.30. The van der Waals surface area contributed by atoms with Gasteiger partial charge in [-0.05, 0) is 69.6 Å². The lowest BCUT2D eigenvalue weighted by Crippen LogP contribution is -2.56. The van der Waals surface area contributed by atoms with Gasteiger partial charge in [-0.3, -0.25) is 9.69 Å². The maximum atomic E-state index is 13.7. The molecule has 3 rings (SSSR count). The first-order chi connectivity index (χ1) is 17.4. The maximum Gasteiger partial charge on any atom is 0.410 e. The van der Waals surface area contributed by atoms with E-state index in [1.54, 1.807) is 44.9 Å². The van der Waals surface area contributed by atoms with Crippen molar-refractivity contribution in [2.24, 2.45) is 0 Å². The first-order valence-electron chi connectivity index (χ1n) is 12.3. The number of likely N-dealkylation sites (tertiary alicyclic amines) is 1. The molecule has 0 aliphatic carbocycles. The summed E-state index contributed by atoms with van der Waals surface area (Å²) in [5.41, 5.74) is 0.0519. The van der Waals surface area contributed by atoms with E-state index in [-0.39, 0.29) is 25.5 Å². The zero-order chi connectivity index (χ0) is 27.2. The van der Waals surface area contributed by atoms with Gasteiger partial charge in [0.1, 0.15) is 23.2 Å². The Hall–Kier alpha value is -3.10. The molecule has 1 aliphatic heterocycles. The van der Waals surface area contributed by atoms with Gasteiger partial charge in [0.2, 0.25) is 5.91 Å². The number of aldehydes is 1. The molecule has 1 unspecified atom stereocenters. The minimum Gasteiger partial charge on any atom is -0.497 e. The van der Waals surface area contributed by atoms with E-state index in [0.717, 1.165) is 23.2 Å². The van der Waals surface area contributed by atoms with Crippen molar-refractivity contribution in [3.8, 4) is 5.75 Å². The standard InChI is InChI=1S/C28H36ClN3O5/c1-27(2,3)37-26(35)31-15-14-28(19-31,20-33)32(17-22-6-10-23(29)11-7-22)25(34)18-30(4)16-21-8-12-24(36-5)13-9-21/h6-13,20H,14-19H2,1-5H3. The summed E-state index contributed by atoms with van der Waals surface area (Å²) in [7, 11) is 3.47. The van der Waals surface area contributed by atoms with Crippen molar-refractivity contribution < 1.29 is 23.9 Å². The van der Waals surface area contributed by atoms with Crippen molar-refractivity contribution in [3.05, 3.63) is 64.7 Å². The van der Waals surface area contributed by atoms with Gasteiger partial charge in [0.15, 0.2) is 0 Å². The third-order valence-electron chi connectivity index (χ3n) is 6.26. The Morgan fingerprint density at radius 2 is 1.65 bits per heavy atom. The minimum atomic E-state index is -1.16. The van der Waals surface area contributed by atoms with E-state index in [2.05, 4.69) is 0 Å². The maximum absolute atomic E-state index is 13.7. The predicted octanol–water partition coefficient (Wildman–Crippen LogP) is 4.39. The Morgan fingerprint density at radius 1 is 1.05 bits per heavy atom. The van der Waals surface area contributed by atoms with Crippen molar-refractivity contribution in [1.29, 1.82) is 0 Å². The Balaban J connectivity index is 1.80. The lowest BCUT2D eigenvalue weighted by atomic mass is 9.96. The van der Waals surface area contributed by atoms with E-state index in [0.29, 0.717) is 24.5 Å². The third-order valence-corrected chi connectivity index (χ3v) is 6.51. The molecule has 37 heavy (non-hydrogen) atoms. The molecule has 0 radical (unpaired) electrons. The van der Waals surface area contributed by atoms with Crippen molar-refractivity contribution in [2.75, 3.05) is 33.8 Å². The number of ether oxygens (including phenoxy) is 2. The van der Waals surface area contributed by atoms with Crippen LogP contribution in [0.15, 0.2) is 48.5 Å². The topological polar surface area (TPSA) is 79.4 Å². The number of benzene rings is 2. The normalized spacial score (nSPS) is 17.5. The summed E-state index contributed by atoms with van der Waals surface area (Å²) in [5, 5.41) is 0.586. The van der Waals surface area contributed by atoms with Crippen LogP contribution in [0, 0.1) is 0 Å². The van der Waals surface area contributed by atoms with Gasteiger partial charge >= 0.3 is 6.09 Å². The van der Waals surface area contributed by atoms with Crippen LogP contribution in [0.3, 0.4) is 0 Å². The molecule has 1 aliphatic rings. The SMILES string of the molecule is COc1ccc(CN(C)CC(=O)N(Cc2ccc(Cl)cc2)C2(C=O)CCN(C(=O)OC(C)(C)C)C2)cc1. The molecule has 9 heteroatoms. The summed E-state index contributed by atoms with van der Waals surface area (Å²) in [6, 6.07) is 14.8. The second kappa shape index (κ2) is 12.0. The van der Waals surface area contributed by atoms with Crippen LogP contribution in [-0.2, 0) is 27.4 Å². The quantitative estimate of drug-likeness (QED) is 0.448. The van der Waals surface area contributed by atoms with Crippen LogP contribution in [0.1, 0.15) is 38.3 Å². The van der Waals surface area contributed by atoms with Crippen molar-refractivity contribution >= 4 is 29.9 Å². The molecule has 0 aromatic heterocycles. The number of carbonyl (C=O) groups excluding carboxylic acids is 3. The molecule has 200 valence electrons. The zero-order valence-corrected chi connectivity index (χ0v) is 23.0. The van der Waals surface area contributed by atoms with Crippen LogP contribution in [0.25, 0.3) is 0 Å². The second-order valence-electron chi connectivity index (χ2n) is 10.5. The van der Waals surface area contributed by atoms with E-state index in [1.807, 2.05) is 48.3 Å². The van der Waals surface area contributed by atoms with Gasteiger partial charge in [0.25, 0.3) is 0 Å². The van der Waals surface area contributed by atoms with Gasteiger partial charge in [-0.2, -0.15) is 0 Å². The number of halogens is 1. The van der Waals surface area contributed by atoms with E-state index in [4.69, 9.17) is 21.1 Å². The van der Waals surface area contributed by atoms with Crippen LogP contribution in [0.5, 0.6) is 5.75 Å². The molecule has 0 spiro atoms. The smallest absolute Gasteiger partial charge is 0.410 e. The molecule has 1 saturated heterocycles. The summed E-state index contributed by atoms with van der Waals surface area (Å²) >= 11 is 6.05. The summed E-state index contributed by atoms with van der Waals surface area (Å²) < 4.78 is 10.7. The fourth-order valence-electron chi connectivity index (χ4n) is 4.36. The van der Waals surface area contributed by atoms with E-state index >= 15 is 0 Å². The molecule has 8 nitrogen and oxygen atoms in total. The lowest BCUT2D eigenvalue weighted by Gasteiger charge is -2.38. The Bertz CT molecular complexity index is 1080. The number of nitrogens with zero attached hydrogens (tertiary/aromatic N) is 3. The first kappa shape index (κ1) is 28.5. The highest BCUT2D eigenvalue weighted by Gasteiger charge is 2.47. The molecular formula is C28H36ClN3O5. The molecule has 0 N–H and O–H groups in total. The summed E-state index contributed by atoms with van der Waals surface area (Å²) in [5.74, 6) is 0.560. The number of methoxy groups -OCH3 is 1. The van der Waals surface area contributed by atoms with Crippen LogP contribution in [-0.4, -0.2) is 77.9 Å². The molecule has 1 fully saturated rings. The highest BCUT2D eigenvalue weighted by atomic mass is 35.5. The molecule has 2 aromatic carbocycles. The molecule has 1 heterocycles. The Kier molecular flexibility index (Phi) is 9.21. The fourth-order valence-corrected chi connectivity index (χ4v) is 4.49. The molecular weight excluding hydrogens is 494 g/mol. The number of hydrogen-bond donors (Lipinski definition) is 0. The lowest BCUT2D eigenvalue weighted by molar-refractivity contribution is -0.143. The number of likely N-dealkylation sites (N-methyl/N-ethyl adjacent to an activating group) is 1. The Morgan fingerprint density at radius 3 is 2.22 bits per heavy atom. The largest absolute Gasteiger partial charge is 0.497 e. The minimum absolute atomic E-state index is 0.0763. The summed E-state index contributed by atoms with van der Waals surface area (Å²) in [6.07, 6.45) is 0.637. The van der Waals surface area contributed by atoms with Gasteiger partial charge in [0, 0.05) is 24.7 Å². The summed E-state index contributed by atoms with van der Waals surface area (Å²) in [6.45, 7) is 6.64. The highest BCUT2D eigenvalue weighted by molar-refractivity contribution is 6.30. The van der Waals surface area contributed by atoms with Crippen LogP contribution >= 0.6 is 11.6 Å². The zero-order valence-electron chi connectivity index (χ0n) is 22.2. The van der Waals surface area contributed by atoms with Crippen LogP contribution < -0.4 is 4.74 Å². The average molecular weight is 530 g/mol. The van der Waals surface area contributed by atoms with E-state index in [1.165, 1.54) is 4.90 Å². The number of rotatable bonds is 9. The van der Waals surface area contributed by atoms with Gasteiger partial charge in [-0.1, -0.05) is 35.9 Å². The van der Waals surface area contributed by atoms with Crippen molar-refractivity contribution in [3.63, 3.8) is 0 Å². The van der Waals surface area contributed by atoms with Gasteiger partial charge in [-0.25, -0.2) is 4.79 Å².